The van der Waals surface area contributed by atoms with Gasteiger partial charge in [0.1, 0.15) is 0 Å². The van der Waals surface area contributed by atoms with Crippen LogP contribution >= 0.6 is 0 Å². The van der Waals surface area contributed by atoms with Crippen LogP contribution in [0, 0.1) is 5.92 Å². The van der Waals surface area contributed by atoms with Crippen LogP contribution < -0.4 is 5.32 Å². The van der Waals surface area contributed by atoms with Crippen molar-refractivity contribution in [1.29, 1.82) is 0 Å². The lowest BCUT2D eigenvalue weighted by Crippen LogP contribution is -2.28. The Labute approximate surface area is 85.7 Å². The minimum Gasteiger partial charge on any atom is -0.311 e. The highest BCUT2D eigenvalue weighted by atomic mass is 15.0. The second kappa shape index (κ2) is 4.09. The average Bonchev–Trinajstić information content (AvgIpc) is 2.98. The first kappa shape index (κ1) is 9.66. The number of aromatic nitrogens is 1. The van der Waals surface area contributed by atoms with Gasteiger partial charge in [0, 0.05) is 30.4 Å². The highest BCUT2D eigenvalue weighted by Crippen LogP contribution is 2.39. The summed E-state index contributed by atoms with van der Waals surface area (Å²) < 4.78 is 0. The van der Waals surface area contributed by atoms with E-state index in [9.17, 15) is 0 Å². The van der Waals surface area contributed by atoms with Crippen molar-refractivity contribution in [3.63, 3.8) is 0 Å². The fourth-order valence-electron chi connectivity index (χ4n) is 1.65. The number of rotatable bonds is 4. The van der Waals surface area contributed by atoms with Crippen molar-refractivity contribution in [2.45, 2.75) is 38.8 Å². The van der Waals surface area contributed by atoms with Crippen LogP contribution in [0.1, 0.15) is 32.3 Å². The van der Waals surface area contributed by atoms with Gasteiger partial charge in [0.15, 0.2) is 0 Å². The number of hydrogen-bond donors (Lipinski definition) is 1. The van der Waals surface area contributed by atoms with Crippen molar-refractivity contribution in [1.82, 2.24) is 10.3 Å². The van der Waals surface area contributed by atoms with E-state index in [0.717, 1.165) is 0 Å². The van der Waals surface area contributed by atoms with Crippen LogP contribution in [0.2, 0.25) is 0 Å². The standard InChI is InChI=1S/C12H17N2/c1-3-9(2)14-12-7-11(12)10-5-4-6-13-8-10/h4-6,8-9,12,14H,3,7H2,1-2H3. The second-order valence-corrected chi connectivity index (χ2v) is 4.00. The SMILES string of the molecule is CCC(C)NC1C[C]1c1cccnc1. The maximum atomic E-state index is 4.13. The number of hydrogen-bond acceptors (Lipinski definition) is 2. The molecule has 1 saturated carbocycles. The molecule has 2 atom stereocenters. The Hall–Kier alpha value is -0.890. The summed E-state index contributed by atoms with van der Waals surface area (Å²) in [4.78, 5) is 4.13. The number of nitrogens with one attached hydrogen (secondary N) is 1. The van der Waals surface area contributed by atoms with Crippen LogP contribution in [-0.2, 0) is 0 Å². The Morgan fingerprint density at radius 1 is 1.64 bits per heavy atom. The minimum atomic E-state index is 0.606. The van der Waals surface area contributed by atoms with Crippen molar-refractivity contribution in [2.24, 2.45) is 0 Å². The summed E-state index contributed by atoms with van der Waals surface area (Å²) in [7, 11) is 0. The zero-order valence-corrected chi connectivity index (χ0v) is 8.83. The molecule has 2 rings (SSSR count). The number of pyridine rings is 1. The molecular formula is C12H17N2. The van der Waals surface area contributed by atoms with Crippen LogP contribution in [0.3, 0.4) is 0 Å². The Kier molecular flexibility index (Phi) is 2.82. The van der Waals surface area contributed by atoms with Crippen molar-refractivity contribution >= 4 is 0 Å². The quantitative estimate of drug-likeness (QED) is 0.785. The molecule has 1 aromatic rings. The highest BCUT2D eigenvalue weighted by molar-refractivity contribution is 5.41. The molecule has 0 spiro atoms. The molecular weight excluding hydrogens is 172 g/mol. The first-order valence-corrected chi connectivity index (χ1v) is 5.33. The van der Waals surface area contributed by atoms with E-state index in [0.29, 0.717) is 12.1 Å². The maximum Gasteiger partial charge on any atom is 0.0306 e. The van der Waals surface area contributed by atoms with E-state index >= 15 is 0 Å². The Balaban J connectivity index is 1.87. The van der Waals surface area contributed by atoms with Gasteiger partial charge in [-0.1, -0.05) is 13.0 Å². The van der Waals surface area contributed by atoms with Crippen molar-refractivity contribution in [3.05, 3.63) is 36.0 Å². The zero-order chi connectivity index (χ0) is 9.97. The van der Waals surface area contributed by atoms with E-state index in [1.165, 1.54) is 24.3 Å². The number of nitrogens with zero attached hydrogens (tertiary/aromatic N) is 1. The lowest BCUT2D eigenvalue weighted by atomic mass is 10.2. The van der Waals surface area contributed by atoms with Crippen molar-refractivity contribution in [3.8, 4) is 0 Å². The third kappa shape index (κ3) is 2.13. The summed E-state index contributed by atoms with van der Waals surface area (Å²) in [5, 5.41) is 3.59. The normalized spacial score (nSPS) is 23.4. The molecule has 1 heterocycles. The summed E-state index contributed by atoms with van der Waals surface area (Å²) in [6, 6.07) is 5.37. The smallest absolute Gasteiger partial charge is 0.0306 e. The first-order chi connectivity index (χ1) is 6.81. The Morgan fingerprint density at radius 3 is 3.14 bits per heavy atom. The van der Waals surface area contributed by atoms with Crippen LogP contribution in [0.15, 0.2) is 24.5 Å². The summed E-state index contributed by atoms with van der Waals surface area (Å²) >= 11 is 0. The molecule has 14 heavy (non-hydrogen) atoms. The van der Waals surface area contributed by atoms with Gasteiger partial charge in [-0.2, -0.15) is 0 Å². The Morgan fingerprint density at radius 2 is 2.50 bits per heavy atom. The molecule has 2 heteroatoms. The van der Waals surface area contributed by atoms with Gasteiger partial charge in [0.25, 0.3) is 0 Å². The summed E-state index contributed by atoms with van der Waals surface area (Å²) in [6.45, 7) is 4.45. The van der Waals surface area contributed by atoms with Gasteiger partial charge in [-0.3, -0.25) is 4.98 Å². The van der Waals surface area contributed by atoms with E-state index in [4.69, 9.17) is 0 Å². The van der Waals surface area contributed by atoms with E-state index in [1.807, 2.05) is 18.5 Å². The predicted molar refractivity (Wildman–Crippen MR) is 57.9 cm³/mol. The van der Waals surface area contributed by atoms with Gasteiger partial charge >= 0.3 is 0 Å². The monoisotopic (exact) mass is 189 g/mol. The van der Waals surface area contributed by atoms with Gasteiger partial charge in [0.05, 0.1) is 0 Å². The van der Waals surface area contributed by atoms with E-state index in [2.05, 4.69) is 30.2 Å². The fourth-order valence-corrected chi connectivity index (χ4v) is 1.65. The zero-order valence-electron chi connectivity index (χ0n) is 8.83. The third-order valence-corrected chi connectivity index (χ3v) is 2.81. The molecule has 0 amide bonds. The summed E-state index contributed by atoms with van der Waals surface area (Å²) in [5.74, 6) is 1.51. The molecule has 0 bridgehead atoms. The molecule has 0 aromatic carbocycles. The van der Waals surface area contributed by atoms with Crippen molar-refractivity contribution < 1.29 is 0 Å². The van der Waals surface area contributed by atoms with Gasteiger partial charge in [-0.25, -0.2) is 0 Å². The van der Waals surface area contributed by atoms with E-state index < -0.39 is 0 Å². The molecule has 0 aliphatic heterocycles. The lowest BCUT2D eigenvalue weighted by molar-refractivity contribution is 0.535. The van der Waals surface area contributed by atoms with E-state index in [-0.39, 0.29) is 0 Å². The highest BCUT2D eigenvalue weighted by Gasteiger charge is 2.39. The first-order valence-electron chi connectivity index (χ1n) is 5.33. The van der Waals surface area contributed by atoms with Gasteiger partial charge in [0.2, 0.25) is 0 Å². The molecule has 1 aromatic heterocycles. The molecule has 1 aliphatic rings. The van der Waals surface area contributed by atoms with Crippen LogP contribution in [-0.4, -0.2) is 17.1 Å². The predicted octanol–water partition coefficient (Wildman–Crippen LogP) is 2.16. The molecule has 1 N–H and O–H groups in total. The molecule has 2 unspecified atom stereocenters. The van der Waals surface area contributed by atoms with Gasteiger partial charge < -0.3 is 5.32 Å². The van der Waals surface area contributed by atoms with Crippen LogP contribution in [0.25, 0.3) is 0 Å². The fraction of sp³-hybridized carbons (Fsp3) is 0.500. The molecule has 0 saturated heterocycles. The molecule has 75 valence electrons. The van der Waals surface area contributed by atoms with Crippen LogP contribution in [0.5, 0.6) is 0 Å². The lowest BCUT2D eigenvalue weighted by Gasteiger charge is -2.10. The average molecular weight is 189 g/mol. The summed E-state index contributed by atoms with van der Waals surface area (Å²) in [6.07, 6.45) is 6.16. The molecule has 1 aliphatic carbocycles. The topological polar surface area (TPSA) is 24.9 Å². The largest absolute Gasteiger partial charge is 0.311 e. The molecule has 1 fully saturated rings. The van der Waals surface area contributed by atoms with Crippen molar-refractivity contribution in [2.75, 3.05) is 0 Å². The maximum absolute atomic E-state index is 4.13. The molecule has 1 radical (unpaired) electrons. The molecule has 2 nitrogen and oxygen atoms in total. The second-order valence-electron chi connectivity index (χ2n) is 4.00. The Bertz CT molecular complexity index is 284. The van der Waals surface area contributed by atoms with Gasteiger partial charge in [-0.15, -0.1) is 0 Å². The summed E-state index contributed by atoms with van der Waals surface area (Å²) in [5.41, 5.74) is 1.30. The van der Waals surface area contributed by atoms with Gasteiger partial charge in [-0.05, 0) is 31.4 Å². The third-order valence-electron chi connectivity index (χ3n) is 2.81. The van der Waals surface area contributed by atoms with E-state index in [1.54, 1.807) is 0 Å². The van der Waals surface area contributed by atoms with Crippen LogP contribution in [0.4, 0.5) is 0 Å². The minimum absolute atomic E-state index is 0.606.